The van der Waals surface area contributed by atoms with Gasteiger partial charge in [-0.05, 0) is 63.9 Å². The van der Waals surface area contributed by atoms with Crippen LogP contribution in [0.25, 0.3) is 0 Å². The van der Waals surface area contributed by atoms with E-state index in [2.05, 4.69) is 0 Å². The average molecular weight is 443 g/mol. The summed E-state index contributed by atoms with van der Waals surface area (Å²) in [6, 6.07) is 12.9. The normalized spacial score (nSPS) is 16.0. The zero-order valence-corrected chi connectivity index (χ0v) is 19.1. The Balaban J connectivity index is 1.81. The lowest BCUT2D eigenvalue weighted by atomic mass is 10.1. The number of nitrogens with zero attached hydrogens (tertiary/aromatic N) is 2. The van der Waals surface area contributed by atoms with Gasteiger partial charge in [-0.3, -0.25) is 4.79 Å². The molecule has 2 amide bonds. The molecule has 0 bridgehead atoms. The predicted molar refractivity (Wildman–Crippen MR) is 120 cm³/mol. The summed E-state index contributed by atoms with van der Waals surface area (Å²) in [5.41, 5.74) is -0.419. The van der Waals surface area contributed by atoms with E-state index in [-0.39, 0.29) is 23.6 Å². The molecule has 1 aliphatic heterocycles. The van der Waals surface area contributed by atoms with E-state index in [9.17, 15) is 14.0 Å². The van der Waals surface area contributed by atoms with E-state index in [1.54, 1.807) is 21.9 Å². The van der Waals surface area contributed by atoms with Crippen molar-refractivity contribution in [3.8, 4) is 11.5 Å². The van der Waals surface area contributed by atoms with Crippen molar-refractivity contribution in [1.29, 1.82) is 0 Å². The van der Waals surface area contributed by atoms with Gasteiger partial charge in [0.15, 0.2) is 0 Å². The molecule has 1 fully saturated rings. The van der Waals surface area contributed by atoms with E-state index in [1.807, 2.05) is 45.9 Å². The van der Waals surface area contributed by atoms with Gasteiger partial charge in [-0.25, -0.2) is 9.18 Å². The lowest BCUT2D eigenvalue weighted by molar-refractivity contribution is 0.0275. The number of carbonyl (C=O) groups excluding carboxylic acids is 2. The summed E-state index contributed by atoms with van der Waals surface area (Å²) in [7, 11) is 0. The fourth-order valence-electron chi connectivity index (χ4n) is 3.71. The van der Waals surface area contributed by atoms with Gasteiger partial charge >= 0.3 is 6.09 Å². The number of halogens is 1. The standard InChI is InChI=1S/C25H31FN2O4/c1-5-14-28(19-13-15-27(17-19)24(30)32-25(2,3)4)23(29)21-16-18(26)11-12-22(21)31-20-9-7-6-8-10-20/h6-12,16,19H,5,13-15,17H2,1-4H3/t19-/m0/s1. The molecule has 1 aliphatic rings. The SMILES string of the molecule is CCCN(C(=O)c1cc(F)ccc1Oc1ccccc1)[C@H]1CCN(C(=O)OC(C)(C)C)C1. The summed E-state index contributed by atoms with van der Waals surface area (Å²) < 4.78 is 25.5. The van der Waals surface area contributed by atoms with Crippen LogP contribution in [0.3, 0.4) is 0 Å². The molecule has 0 aromatic heterocycles. The topological polar surface area (TPSA) is 59.1 Å². The summed E-state index contributed by atoms with van der Waals surface area (Å²) in [5.74, 6) is 0.0400. The van der Waals surface area contributed by atoms with Crippen molar-refractivity contribution in [2.45, 2.75) is 52.2 Å². The maximum Gasteiger partial charge on any atom is 0.410 e. The molecule has 0 spiro atoms. The quantitative estimate of drug-likeness (QED) is 0.594. The lowest BCUT2D eigenvalue weighted by Crippen LogP contribution is -2.44. The van der Waals surface area contributed by atoms with E-state index < -0.39 is 11.4 Å². The first-order valence-corrected chi connectivity index (χ1v) is 11.0. The first kappa shape index (κ1) is 23.6. The van der Waals surface area contributed by atoms with Crippen LogP contribution in [-0.2, 0) is 4.74 Å². The molecule has 2 aromatic rings. The van der Waals surface area contributed by atoms with Crippen LogP contribution in [0.15, 0.2) is 48.5 Å². The first-order chi connectivity index (χ1) is 15.2. The number of para-hydroxylation sites is 1. The molecule has 2 aromatic carbocycles. The van der Waals surface area contributed by atoms with Gasteiger partial charge in [0.1, 0.15) is 22.9 Å². The minimum atomic E-state index is -0.584. The van der Waals surface area contributed by atoms with Crippen LogP contribution in [0.5, 0.6) is 11.5 Å². The number of likely N-dealkylation sites (tertiary alicyclic amines) is 1. The summed E-state index contributed by atoms with van der Waals surface area (Å²) in [6.07, 6.45) is 0.983. The van der Waals surface area contributed by atoms with E-state index >= 15 is 0 Å². The van der Waals surface area contributed by atoms with Crippen LogP contribution in [0.4, 0.5) is 9.18 Å². The van der Waals surface area contributed by atoms with Gasteiger partial charge in [-0.1, -0.05) is 25.1 Å². The lowest BCUT2D eigenvalue weighted by Gasteiger charge is -2.30. The molecular formula is C25H31FN2O4. The Labute approximate surface area is 188 Å². The second-order valence-electron chi connectivity index (χ2n) is 8.92. The highest BCUT2D eigenvalue weighted by Crippen LogP contribution is 2.29. The molecule has 7 heteroatoms. The third-order valence-corrected chi connectivity index (χ3v) is 5.12. The van der Waals surface area contributed by atoms with Crippen molar-refractivity contribution < 1.29 is 23.5 Å². The van der Waals surface area contributed by atoms with Crippen molar-refractivity contribution >= 4 is 12.0 Å². The van der Waals surface area contributed by atoms with Gasteiger partial charge in [-0.2, -0.15) is 0 Å². The molecule has 32 heavy (non-hydrogen) atoms. The van der Waals surface area contributed by atoms with Crippen LogP contribution < -0.4 is 4.74 Å². The van der Waals surface area contributed by atoms with Crippen molar-refractivity contribution in [3.05, 3.63) is 59.9 Å². The average Bonchev–Trinajstić information content (AvgIpc) is 3.22. The van der Waals surface area contributed by atoms with Crippen LogP contribution >= 0.6 is 0 Å². The zero-order chi connectivity index (χ0) is 23.3. The van der Waals surface area contributed by atoms with Gasteiger partial charge in [0.2, 0.25) is 0 Å². The van der Waals surface area contributed by atoms with Crippen molar-refractivity contribution in [1.82, 2.24) is 9.80 Å². The Bertz CT molecular complexity index is 943. The number of hydrogen-bond acceptors (Lipinski definition) is 4. The van der Waals surface area contributed by atoms with Crippen molar-refractivity contribution in [2.75, 3.05) is 19.6 Å². The Kier molecular flexibility index (Phi) is 7.38. The minimum Gasteiger partial charge on any atom is -0.457 e. The smallest absolute Gasteiger partial charge is 0.410 e. The van der Waals surface area contributed by atoms with Gasteiger partial charge in [-0.15, -0.1) is 0 Å². The molecule has 1 atom stereocenters. The highest BCUT2D eigenvalue weighted by atomic mass is 19.1. The summed E-state index contributed by atoms with van der Waals surface area (Å²) in [6.45, 7) is 8.83. The number of hydrogen-bond donors (Lipinski definition) is 0. The third kappa shape index (κ3) is 5.99. The highest BCUT2D eigenvalue weighted by molar-refractivity contribution is 5.97. The summed E-state index contributed by atoms with van der Waals surface area (Å²) >= 11 is 0. The predicted octanol–water partition coefficient (Wildman–Crippen LogP) is 5.48. The molecule has 0 saturated carbocycles. The van der Waals surface area contributed by atoms with Crippen LogP contribution in [-0.4, -0.2) is 53.1 Å². The molecule has 1 saturated heterocycles. The molecule has 0 unspecified atom stereocenters. The fraction of sp³-hybridized carbons (Fsp3) is 0.440. The van der Waals surface area contributed by atoms with Gasteiger partial charge in [0.25, 0.3) is 5.91 Å². The molecule has 1 heterocycles. The number of carbonyl (C=O) groups is 2. The van der Waals surface area contributed by atoms with Crippen LogP contribution in [0.1, 0.15) is 50.9 Å². The number of ether oxygens (including phenoxy) is 2. The third-order valence-electron chi connectivity index (χ3n) is 5.12. The molecule has 172 valence electrons. The largest absolute Gasteiger partial charge is 0.457 e. The van der Waals surface area contributed by atoms with Gasteiger partial charge in [0.05, 0.1) is 11.6 Å². The molecule has 6 nitrogen and oxygen atoms in total. The van der Waals surface area contributed by atoms with E-state index in [4.69, 9.17) is 9.47 Å². The highest BCUT2D eigenvalue weighted by Gasteiger charge is 2.35. The van der Waals surface area contributed by atoms with E-state index in [0.717, 1.165) is 6.42 Å². The Morgan fingerprint density at radius 1 is 1.16 bits per heavy atom. The second kappa shape index (κ2) is 10.0. The zero-order valence-electron chi connectivity index (χ0n) is 19.1. The number of benzene rings is 2. The Morgan fingerprint density at radius 2 is 1.88 bits per heavy atom. The van der Waals surface area contributed by atoms with Crippen LogP contribution in [0, 0.1) is 5.82 Å². The summed E-state index contributed by atoms with van der Waals surface area (Å²) in [5, 5.41) is 0. The molecule has 3 rings (SSSR count). The molecule has 0 N–H and O–H groups in total. The maximum absolute atomic E-state index is 14.1. The second-order valence-corrected chi connectivity index (χ2v) is 8.92. The Morgan fingerprint density at radius 3 is 2.53 bits per heavy atom. The van der Waals surface area contributed by atoms with Gasteiger partial charge < -0.3 is 19.3 Å². The minimum absolute atomic E-state index is 0.165. The number of rotatable bonds is 6. The summed E-state index contributed by atoms with van der Waals surface area (Å²) in [4.78, 5) is 29.3. The number of amides is 2. The molecular weight excluding hydrogens is 411 g/mol. The maximum atomic E-state index is 14.1. The fourth-order valence-corrected chi connectivity index (χ4v) is 3.71. The van der Waals surface area contributed by atoms with Crippen molar-refractivity contribution in [2.24, 2.45) is 0 Å². The van der Waals surface area contributed by atoms with E-state index in [1.165, 1.54) is 18.2 Å². The van der Waals surface area contributed by atoms with Crippen LogP contribution in [0.2, 0.25) is 0 Å². The monoisotopic (exact) mass is 442 g/mol. The van der Waals surface area contributed by atoms with Gasteiger partial charge in [0, 0.05) is 19.6 Å². The van der Waals surface area contributed by atoms with E-state index in [0.29, 0.717) is 37.6 Å². The molecule has 0 radical (unpaired) electrons. The Hall–Kier alpha value is -3.09. The first-order valence-electron chi connectivity index (χ1n) is 11.0. The molecule has 0 aliphatic carbocycles. The van der Waals surface area contributed by atoms with Crippen molar-refractivity contribution in [3.63, 3.8) is 0 Å².